The highest BCUT2D eigenvalue weighted by Gasteiger charge is 2.45. The average molecular weight is 425 g/mol. The first-order chi connectivity index (χ1) is 14.7. The fourth-order valence-electron chi connectivity index (χ4n) is 3.45. The fraction of sp³-hybridized carbons (Fsp3) is 0.273. The van der Waals surface area contributed by atoms with Gasteiger partial charge in [-0.15, -0.1) is 0 Å². The molecule has 1 amide bonds. The third kappa shape index (κ3) is 4.41. The number of amides is 1. The predicted octanol–water partition coefficient (Wildman–Crippen LogP) is 2.59. The molecule has 0 aliphatic carbocycles. The van der Waals surface area contributed by atoms with E-state index in [2.05, 4.69) is 0 Å². The van der Waals surface area contributed by atoms with Crippen LogP contribution in [-0.4, -0.2) is 65.8 Å². The minimum atomic E-state index is -0.858. The van der Waals surface area contributed by atoms with E-state index in [4.69, 9.17) is 4.74 Å². The number of carbonyl (C=O) groups excluding carboxylic acids is 2. The number of rotatable bonds is 7. The Balaban J connectivity index is 2.12. The molecule has 1 heterocycles. The lowest BCUT2D eigenvalue weighted by Crippen LogP contribution is -2.35. The normalized spacial score (nSPS) is 17.9. The van der Waals surface area contributed by atoms with Crippen molar-refractivity contribution >= 4 is 23.1 Å². The highest BCUT2D eigenvalue weighted by atomic mass is 16.6. The second kappa shape index (κ2) is 8.97. The van der Waals surface area contributed by atoms with Crippen LogP contribution in [0.2, 0.25) is 0 Å². The molecule has 1 aliphatic heterocycles. The first kappa shape index (κ1) is 22.0. The number of aliphatic hydroxyl groups excluding tert-OH is 1. The molecule has 0 bridgehead atoms. The molecule has 0 spiro atoms. The summed E-state index contributed by atoms with van der Waals surface area (Å²) in [5.41, 5.74) is 0.698. The van der Waals surface area contributed by atoms with Gasteiger partial charge in [0.15, 0.2) is 0 Å². The van der Waals surface area contributed by atoms with Gasteiger partial charge in [-0.1, -0.05) is 0 Å². The van der Waals surface area contributed by atoms with E-state index in [-0.39, 0.29) is 23.6 Å². The number of Topliss-reactive ketones (excluding diaryl/α,β-unsaturated/α-hetero) is 1. The van der Waals surface area contributed by atoms with Crippen molar-refractivity contribution in [3.05, 3.63) is 75.3 Å². The number of ether oxygens (including phenoxy) is 1. The van der Waals surface area contributed by atoms with Gasteiger partial charge >= 0.3 is 0 Å². The largest absolute Gasteiger partial charge is 0.507 e. The Morgan fingerprint density at radius 2 is 1.74 bits per heavy atom. The molecule has 1 N–H and O–H groups in total. The molecule has 2 aromatic rings. The van der Waals surface area contributed by atoms with Gasteiger partial charge in [0.1, 0.15) is 11.5 Å². The Bertz CT molecular complexity index is 1030. The molecular formula is C22H23N3O6. The quantitative estimate of drug-likeness (QED) is 0.238. The van der Waals surface area contributed by atoms with Gasteiger partial charge in [0.2, 0.25) is 0 Å². The maximum absolute atomic E-state index is 12.9. The maximum Gasteiger partial charge on any atom is 0.295 e. The van der Waals surface area contributed by atoms with Gasteiger partial charge < -0.3 is 19.6 Å². The molecule has 1 aliphatic rings. The number of methoxy groups -OCH3 is 1. The van der Waals surface area contributed by atoms with E-state index in [1.54, 1.807) is 24.3 Å². The van der Waals surface area contributed by atoms with E-state index < -0.39 is 22.7 Å². The molecule has 1 unspecified atom stereocenters. The molecule has 31 heavy (non-hydrogen) atoms. The number of likely N-dealkylation sites (N-methyl/N-ethyl adjacent to an activating group) is 1. The van der Waals surface area contributed by atoms with Gasteiger partial charge in [-0.3, -0.25) is 19.7 Å². The monoisotopic (exact) mass is 425 g/mol. The molecule has 0 aromatic heterocycles. The Labute approximate surface area is 179 Å². The Morgan fingerprint density at radius 3 is 2.26 bits per heavy atom. The highest BCUT2D eigenvalue weighted by Crippen LogP contribution is 2.39. The molecule has 0 radical (unpaired) electrons. The van der Waals surface area contributed by atoms with Crippen molar-refractivity contribution in [3.8, 4) is 5.75 Å². The summed E-state index contributed by atoms with van der Waals surface area (Å²) in [5, 5.41) is 22.0. The predicted molar refractivity (Wildman–Crippen MR) is 114 cm³/mol. The van der Waals surface area contributed by atoms with Gasteiger partial charge in [-0.25, -0.2) is 0 Å². The molecule has 1 atom stereocenters. The van der Waals surface area contributed by atoms with Crippen LogP contribution in [0.25, 0.3) is 5.76 Å². The summed E-state index contributed by atoms with van der Waals surface area (Å²) in [6.45, 7) is 0.748. The molecule has 1 saturated heterocycles. The third-order valence-electron chi connectivity index (χ3n) is 5.11. The Hall–Kier alpha value is -3.72. The number of likely N-dealkylation sites (tertiary alicyclic amines) is 1. The van der Waals surface area contributed by atoms with E-state index in [9.17, 15) is 24.8 Å². The van der Waals surface area contributed by atoms with E-state index >= 15 is 0 Å². The Kier molecular flexibility index (Phi) is 6.36. The summed E-state index contributed by atoms with van der Waals surface area (Å²) in [4.78, 5) is 39.5. The second-order valence-corrected chi connectivity index (χ2v) is 7.37. The van der Waals surface area contributed by atoms with Gasteiger partial charge in [-0.05, 0) is 56.1 Å². The smallest absolute Gasteiger partial charge is 0.295 e. The maximum atomic E-state index is 12.9. The molecule has 9 nitrogen and oxygen atoms in total. The number of ketones is 1. The number of nitro groups is 1. The van der Waals surface area contributed by atoms with Crippen LogP contribution in [0.4, 0.5) is 5.69 Å². The number of hydrogen-bond acceptors (Lipinski definition) is 7. The Morgan fingerprint density at radius 1 is 1.13 bits per heavy atom. The SMILES string of the molecule is COc1ccc(/C(O)=C2/C(=O)C(=O)N(CCN(C)C)C2c2ccc([N+](=O)[O-])cc2)cc1. The zero-order valence-corrected chi connectivity index (χ0v) is 17.4. The van der Waals surface area contributed by atoms with Crippen molar-refractivity contribution in [1.29, 1.82) is 0 Å². The number of nitro benzene ring substituents is 1. The van der Waals surface area contributed by atoms with Crippen molar-refractivity contribution < 1.29 is 24.4 Å². The lowest BCUT2D eigenvalue weighted by molar-refractivity contribution is -0.384. The summed E-state index contributed by atoms with van der Waals surface area (Å²) >= 11 is 0. The number of hydrogen-bond donors (Lipinski definition) is 1. The second-order valence-electron chi connectivity index (χ2n) is 7.37. The first-order valence-electron chi connectivity index (χ1n) is 9.56. The van der Waals surface area contributed by atoms with Crippen LogP contribution >= 0.6 is 0 Å². The zero-order valence-electron chi connectivity index (χ0n) is 17.4. The molecular weight excluding hydrogens is 402 g/mol. The number of aliphatic hydroxyl groups is 1. The molecule has 1 fully saturated rings. The minimum absolute atomic E-state index is 0.0530. The van der Waals surface area contributed by atoms with Crippen LogP contribution in [0.15, 0.2) is 54.1 Å². The van der Waals surface area contributed by atoms with Crippen LogP contribution in [-0.2, 0) is 9.59 Å². The number of nitrogens with zero attached hydrogens (tertiary/aromatic N) is 3. The minimum Gasteiger partial charge on any atom is -0.507 e. The third-order valence-corrected chi connectivity index (χ3v) is 5.11. The van der Waals surface area contributed by atoms with Crippen LogP contribution in [0.3, 0.4) is 0 Å². The summed E-state index contributed by atoms with van der Waals surface area (Å²) in [6, 6.07) is 11.2. The molecule has 0 saturated carbocycles. The van der Waals surface area contributed by atoms with Gasteiger partial charge in [0.05, 0.1) is 23.6 Å². The molecule has 2 aromatic carbocycles. The summed E-state index contributed by atoms with van der Waals surface area (Å²) in [5.74, 6) is -1.25. The summed E-state index contributed by atoms with van der Waals surface area (Å²) in [6.07, 6.45) is 0. The van der Waals surface area contributed by atoms with Crippen LogP contribution in [0, 0.1) is 10.1 Å². The van der Waals surface area contributed by atoms with Crippen LogP contribution < -0.4 is 4.74 Å². The van der Waals surface area contributed by atoms with Crippen LogP contribution in [0.5, 0.6) is 5.75 Å². The van der Waals surface area contributed by atoms with Crippen molar-refractivity contribution in [2.45, 2.75) is 6.04 Å². The van der Waals surface area contributed by atoms with E-state index in [1.807, 2.05) is 19.0 Å². The average Bonchev–Trinajstić information content (AvgIpc) is 3.02. The number of non-ortho nitro benzene ring substituents is 1. The topological polar surface area (TPSA) is 113 Å². The fourth-order valence-corrected chi connectivity index (χ4v) is 3.45. The first-order valence-corrected chi connectivity index (χ1v) is 9.56. The standard InChI is InChI=1S/C22H23N3O6/c1-23(2)12-13-24-19(14-4-8-16(9-5-14)25(29)30)18(21(27)22(24)28)20(26)15-6-10-17(31-3)11-7-15/h4-11,19,26H,12-13H2,1-3H3/b20-18-. The van der Waals surface area contributed by atoms with E-state index in [1.165, 1.54) is 36.3 Å². The number of carbonyl (C=O) groups is 2. The molecule has 3 rings (SSSR count). The van der Waals surface area contributed by atoms with E-state index in [0.29, 0.717) is 23.4 Å². The number of benzene rings is 2. The summed E-state index contributed by atoms with van der Waals surface area (Å²) in [7, 11) is 5.20. The van der Waals surface area contributed by atoms with Crippen molar-refractivity contribution in [2.24, 2.45) is 0 Å². The zero-order chi connectivity index (χ0) is 22.7. The van der Waals surface area contributed by atoms with Gasteiger partial charge in [0, 0.05) is 30.8 Å². The van der Waals surface area contributed by atoms with Gasteiger partial charge in [-0.2, -0.15) is 0 Å². The van der Waals surface area contributed by atoms with Crippen LogP contribution in [0.1, 0.15) is 17.2 Å². The van der Waals surface area contributed by atoms with E-state index in [0.717, 1.165) is 0 Å². The van der Waals surface area contributed by atoms with Crippen molar-refractivity contribution in [2.75, 3.05) is 34.3 Å². The summed E-state index contributed by atoms with van der Waals surface area (Å²) < 4.78 is 5.12. The van der Waals surface area contributed by atoms with Crippen molar-refractivity contribution in [1.82, 2.24) is 9.80 Å². The lowest BCUT2D eigenvalue weighted by atomic mass is 9.95. The highest BCUT2D eigenvalue weighted by molar-refractivity contribution is 6.46. The van der Waals surface area contributed by atoms with Crippen molar-refractivity contribution in [3.63, 3.8) is 0 Å². The lowest BCUT2D eigenvalue weighted by Gasteiger charge is -2.26. The molecule has 162 valence electrons. The molecule has 9 heteroatoms. The van der Waals surface area contributed by atoms with Gasteiger partial charge in [0.25, 0.3) is 17.4 Å².